The minimum absolute atomic E-state index is 0.535. The second kappa shape index (κ2) is 5.21. The van der Waals surface area contributed by atoms with Gasteiger partial charge in [0.1, 0.15) is 0 Å². The van der Waals surface area contributed by atoms with E-state index in [0.29, 0.717) is 17.9 Å². The van der Waals surface area contributed by atoms with Crippen LogP contribution in [0.25, 0.3) is 0 Å². The molecule has 0 amide bonds. The topological polar surface area (TPSA) is 51.0 Å². The monoisotopic (exact) mass is 243 g/mol. The van der Waals surface area contributed by atoms with Crippen LogP contribution in [0.2, 0.25) is 0 Å². The molecule has 18 heavy (non-hydrogen) atoms. The van der Waals surface area contributed by atoms with Crippen LogP contribution in [-0.2, 0) is 12.8 Å². The third-order valence-electron chi connectivity index (χ3n) is 3.37. The van der Waals surface area contributed by atoms with Gasteiger partial charge in [0.15, 0.2) is 0 Å². The van der Waals surface area contributed by atoms with Crippen LogP contribution < -0.4 is 5.32 Å². The zero-order valence-electron chi connectivity index (χ0n) is 10.3. The Bertz CT molecular complexity index is 491. The van der Waals surface area contributed by atoms with Crippen molar-refractivity contribution in [2.45, 2.75) is 38.1 Å². The molecule has 0 bridgehead atoms. The van der Waals surface area contributed by atoms with Gasteiger partial charge in [-0.3, -0.25) is 0 Å². The van der Waals surface area contributed by atoms with Crippen molar-refractivity contribution in [3.05, 3.63) is 41.8 Å². The highest BCUT2D eigenvalue weighted by Crippen LogP contribution is 2.22. The van der Waals surface area contributed by atoms with Crippen LogP contribution in [0.3, 0.4) is 0 Å². The lowest BCUT2D eigenvalue weighted by atomic mass is 9.93. The van der Waals surface area contributed by atoms with Gasteiger partial charge in [0.05, 0.1) is 0 Å². The molecule has 2 aromatic rings. The van der Waals surface area contributed by atoms with Gasteiger partial charge in [-0.25, -0.2) is 0 Å². The van der Waals surface area contributed by atoms with Crippen LogP contribution in [0.1, 0.15) is 30.7 Å². The Labute approximate surface area is 106 Å². The van der Waals surface area contributed by atoms with Gasteiger partial charge in [0.25, 0.3) is 0 Å². The summed E-state index contributed by atoms with van der Waals surface area (Å²) in [7, 11) is 0. The predicted molar refractivity (Wildman–Crippen MR) is 69.4 cm³/mol. The molecule has 0 spiro atoms. The normalized spacial score (nSPS) is 15.3. The van der Waals surface area contributed by atoms with E-state index in [2.05, 4.69) is 27.6 Å². The van der Waals surface area contributed by atoms with E-state index < -0.39 is 0 Å². The predicted octanol–water partition coefficient (Wildman–Crippen LogP) is 2.82. The Morgan fingerprint density at radius 2 is 1.94 bits per heavy atom. The second-order valence-electron chi connectivity index (χ2n) is 4.76. The van der Waals surface area contributed by atoms with E-state index in [0.717, 1.165) is 12.8 Å². The van der Waals surface area contributed by atoms with Gasteiger partial charge >= 0.3 is 6.01 Å². The third-order valence-corrected chi connectivity index (χ3v) is 3.37. The number of aromatic nitrogens is 2. The molecule has 0 saturated heterocycles. The maximum atomic E-state index is 5.58. The summed E-state index contributed by atoms with van der Waals surface area (Å²) >= 11 is 0. The molecule has 1 aliphatic carbocycles. The zero-order chi connectivity index (χ0) is 12.2. The number of anilines is 1. The zero-order valence-corrected chi connectivity index (χ0v) is 10.3. The van der Waals surface area contributed by atoms with Gasteiger partial charge in [-0.05, 0) is 31.2 Å². The second-order valence-corrected chi connectivity index (χ2v) is 4.76. The van der Waals surface area contributed by atoms with Crippen LogP contribution >= 0.6 is 0 Å². The van der Waals surface area contributed by atoms with E-state index in [4.69, 9.17) is 4.42 Å². The van der Waals surface area contributed by atoms with Gasteiger partial charge < -0.3 is 9.73 Å². The summed E-state index contributed by atoms with van der Waals surface area (Å²) in [5.41, 5.74) is 1.30. The molecule has 0 radical (unpaired) electrons. The molecular weight excluding hydrogens is 226 g/mol. The average molecular weight is 243 g/mol. The van der Waals surface area contributed by atoms with Gasteiger partial charge in [0.2, 0.25) is 5.89 Å². The van der Waals surface area contributed by atoms with E-state index in [1.54, 1.807) is 0 Å². The lowest BCUT2D eigenvalue weighted by molar-refractivity contribution is 0.422. The van der Waals surface area contributed by atoms with Crippen LogP contribution in [0.4, 0.5) is 6.01 Å². The maximum absolute atomic E-state index is 5.58. The molecular formula is C14H17N3O. The highest BCUT2D eigenvalue weighted by Gasteiger charge is 2.19. The number of hydrogen-bond donors (Lipinski definition) is 1. The molecule has 0 unspecified atom stereocenters. The van der Waals surface area contributed by atoms with Gasteiger partial charge in [-0.1, -0.05) is 35.4 Å². The van der Waals surface area contributed by atoms with Crippen LogP contribution in [0.15, 0.2) is 34.7 Å². The number of nitrogens with zero attached hydrogens (tertiary/aromatic N) is 2. The largest absolute Gasteiger partial charge is 0.408 e. The number of aryl methyl sites for hydroxylation is 2. The molecule has 1 heterocycles. The van der Waals surface area contributed by atoms with Crippen molar-refractivity contribution in [2.75, 3.05) is 5.32 Å². The number of rotatable bonds is 5. The van der Waals surface area contributed by atoms with Crippen molar-refractivity contribution >= 4 is 6.01 Å². The van der Waals surface area contributed by atoms with Gasteiger partial charge in [-0.15, -0.1) is 5.10 Å². The summed E-state index contributed by atoms with van der Waals surface area (Å²) in [6, 6.07) is 11.5. The van der Waals surface area contributed by atoms with E-state index in [-0.39, 0.29) is 0 Å². The smallest absolute Gasteiger partial charge is 0.315 e. The highest BCUT2D eigenvalue weighted by molar-refractivity contribution is 5.21. The average Bonchev–Trinajstić information content (AvgIpc) is 2.81. The lowest BCUT2D eigenvalue weighted by Crippen LogP contribution is -2.27. The molecule has 94 valence electrons. The number of hydrogen-bond acceptors (Lipinski definition) is 4. The fourth-order valence-electron chi connectivity index (χ4n) is 2.04. The van der Waals surface area contributed by atoms with Gasteiger partial charge in [0, 0.05) is 12.5 Å². The molecule has 1 aromatic carbocycles. The quantitative estimate of drug-likeness (QED) is 0.877. The fraction of sp³-hybridized carbons (Fsp3) is 0.429. The van der Waals surface area contributed by atoms with Crippen LogP contribution in [-0.4, -0.2) is 16.2 Å². The Kier molecular flexibility index (Phi) is 3.26. The first-order valence-electron chi connectivity index (χ1n) is 6.53. The van der Waals surface area contributed by atoms with E-state index in [1.165, 1.54) is 24.8 Å². The van der Waals surface area contributed by atoms with E-state index >= 15 is 0 Å². The van der Waals surface area contributed by atoms with Crippen molar-refractivity contribution in [1.29, 1.82) is 0 Å². The van der Waals surface area contributed by atoms with Crippen molar-refractivity contribution in [3.8, 4) is 0 Å². The van der Waals surface area contributed by atoms with Crippen molar-refractivity contribution < 1.29 is 4.42 Å². The summed E-state index contributed by atoms with van der Waals surface area (Å²) in [6.07, 6.45) is 5.45. The van der Waals surface area contributed by atoms with Crippen molar-refractivity contribution in [2.24, 2.45) is 0 Å². The van der Waals surface area contributed by atoms with E-state index in [1.807, 2.05) is 18.2 Å². The van der Waals surface area contributed by atoms with Crippen molar-refractivity contribution in [1.82, 2.24) is 10.2 Å². The summed E-state index contributed by atoms with van der Waals surface area (Å²) in [4.78, 5) is 0. The SMILES string of the molecule is c1ccc(CCc2nnc(NC3CCC3)o2)cc1. The Morgan fingerprint density at radius 3 is 2.67 bits per heavy atom. The first-order chi connectivity index (χ1) is 8.90. The Hall–Kier alpha value is -1.84. The molecule has 0 aliphatic heterocycles. The summed E-state index contributed by atoms with van der Waals surface area (Å²) in [5.74, 6) is 0.709. The molecule has 0 atom stereocenters. The highest BCUT2D eigenvalue weighted by atomic mass is 16.4. The first kappa shape index (κ1) is 11.3. The molecule has 1 fully saturated rings. The molecule has 3 rings (SSSR count). The minimum atomic E-state index is 0.535. The lowest BCUT2D eigenvalue weighted by Gasteiger charge is -2.24. The third kappa shape index (κ3) is 2.70. The molecule has 4 nitrogen and oxygen atoms in total. The minimum Gasteiger partial charge on any atom is -0.408 e. The molecule has 1 N–H and O–H groups in total. The first-order valence-corrected chi connectivity index (χ1v) is 6.53. The standard InChI is InChI=1S/C14H17N3O/c1-2-5-11(6-3-1)9-10-13-16-17-14(18-13)15-12-7-4-8-12/h1-3,5-6,12H,4,7-10H2,(H,15,17). The summed E-state index contributed by atoms with van der Waals surface area (Å²) < 4.78 is 5.58. The van der Waals surface area contributed by atoms with Crippen molar-refractivity contribution in [3.63, 3.8) is 0 Å². The number of nitrogens with one attached hydrogen (secondary N) is 1. The Balaban J connectivity index is 1.53. The van der Waals surface area contributed by atoms with Crippen LogP contribution in [0, 0.1) is 0 Å². The molecule has 1 aromatic heterocycles. The van der Waals surface area contributed by atoms with E-state index in [9.17, 15) is 0 Å². The fourth-order valence-corrected chi connectivity index (χ4v) is 2.04. The molecule has 1 aliphatic rings. The van der Waals surface area contributed by atoms with Crippen LogP contribution in [0.5, 0.6) is 0 Å². The summed E-state index contributed by atoms with van der Waals surface area (Å²) in [5, 5.41) is 11.3. The maximum Gasteiger partial charge on any atom is 0.315 e. The summed E-state index contributed by atoms with van der Waals surface area (Å²) in [6.45, 7) is 0. The molecule has 1 saturated carbocycles. The number of benzene rings is 1. The van der Waals surface area contributed by atoms with Gasteiger partial charge in [-0.2, -0.15) is 0 Å². The molecule has 4 heteroatoms. The Morgan fingerprint density at radius 1 is 1.11 bits per heavy atom.